The van der Waals surface area contributed by atoms with Gasteiger partial charge in [-0.3, -0.25) is 4.79 Å². The van der Waals surface area contributed by atoms with Crippen LogP contribution in [0, 0.1) is 11.3 Å². The van der Waals surface area contributed by atoms with Crippen molar-refractivity contribution in [2.45, 2.75) is 31.0 Å². The number of benzene rings is 1. The van der Waals surface area contributed by atoms with E-state index in [1.165, 1.54) is 0 Å². The third kappa shape index (κ3) is 4.49. The summed E-state index contributed by atoms with van der Waals surface area (Å²) in [5.74, 6) is -1.47. The highest BCUT2D eigenvalue weighted by Gasteiger charge is 2.35. The smallest absolute Gasteiger partial charge is 0.417 e. The largest absolute Gasteiger partial charge is 0.480 e. The first-order valence-corrected chi connectivity index (χ1v) is 9.41. The molecule has 0 aliphatic rings. The van der Waals surface area contributed by atoms with E-state index >= 15 is 0 Å². The fourth-order valence-electron chi connectivity index (χ4n) is 2.63. The number of nitrogens with zero attached hydrogens (tertiary/aromatic N) is 2. The Kier molecular flexibility index (Phi) is 5.65. The molecule has 0 aliphatic carbocycles. The molecule has 0 atom stereocenters. The number of sulfone groups is 1. The van der Waals surface area contributed by atoms with Gasteiger partial charge in [0.1, 0.15) is 12.6 Å². The molecule has 0 radical (unpaired) electrons. The molecule has 1 aromatic heterocycles. The zero-order valence-corrected chi connectivity index (χ0v) is 14.9. The first kappa shape index (κ1) is 20.5. The molecule has 27 heavy (non-hydrogen) atoms. The van der Waals surface area contributed by atoms with Gasteiger partial charge in [-0.2, -0.15) is 18.4 Å². The van der Waals surface area contributed by atoms with E-state index in [0.29, 0.717) is 6.07 Å². The minimum absolute atomic E-state index is 0.181. The molecule has 1 N–H and O–H groups in total. The number of carbonyl (C=O) groups is 1. The number of nitriles is 1. The number of carboxylic acids is 1. The summed E-state index contributed by atoms with van der Waals surface area (Å²) in [6.45, 7) is 1.08. The Morgan fingerprint density at radius 2 is 1.93 bits per heavy atom. The van der Waals surface area contributed by atoms with Crippen molar-refractivity contribution in [3.8, 4) is 17.2 Å². The summed E-state index contributed by atoms with van der Waals surface area (Å²) in [5, 5.41) is 18.1. The van der Waals surface area contributed by atoms with Crippen LogP contribution in [-0.2, 0) is 27.4 Å². The number of carboxylic acid groups (broad SMARTS) is 1. The van der Waals surface area contributed by atoms with Gasteiger partial charge in [0, 0.05) is 18.0 Å². The van der Waals surface area contributed by atoms with E-state index in [-0.39, 0.29) is 28.2 Å². The Bertz CT molecular complexity index is 1020. The number of aliphatic carboxylic acids is 1. The van der Waals surface area contributed by atoms with E-state index in [4.69, 9.17) is 5.11 Å². The number of hydrogen-bond donors (Lipinski definition) is 1. The van der Waals surface area contributed by atoms with Gasteiger partial charge in [0.15, 0.2) is 9.84 Å². The first-order valence-electron chi connectivity index (χ1n) is 7.75. The lowest BCUT2D eigenvalue weighted by molar-refractivity contribution is -0.138. The molecule has 1 heterocycles. The molecule has 6 nitrogen and oxygen atoms in total. The maximum Gasteiger partial charge on any atom is 0.417 e. The van der Waals surface area contributed by atoms with Crippen molar-refractivity contribution in [2.24, 2.45) is 0 Å². The minimum atomic E-state index is -4.79. The van der Waals surface area contributed by atoms with Crippen molar-refractivity contribution in [3.05, 3.63) is 41.7 Å². The summed E-state index contributed by atoms with van der Waals surface area (Å²) in [5.41, 5.74) is -1.96. The Morgan fingerprint density at radius 1 is 1.26 bits per heavy atom. The molecule has 0 aliphatic heterocycles. The fourth-order valence-corrected chi connectivity index (χ4v) is 3.98. The number of alkyl halides is 3. The molecular weight excluding hydrogens is 385 g/mol. The summed E-state index contributed by atoms with van der Waals surface area (Å²) in [4.78, 5) is 10.5. The molecule has 0 saturated heterocycles. The normalized spacial score (nSPS) is 12.0. The molecule has 1 aromatic carbocycles. The van der Waals surface area contributed by atoms with Crippen molar-refractivity contribution in [2.75, 3.05) is 5.75 Å². The van der Waals surface area contributed by atoms with Crippen LogP contribution in [-0.4, -0.2) is 29.8 Å². The summed E-state index contributed by atoms with van der Waals surface area (Å²) in [6.07, 6.45) is -2.30. The van der Waals surface area contributed by atoms with Gasteiger partial charge in [-0.25, -0.2) is 8.42 Å². The fraction of sp³-hybridized carbons (Fsp3) is 0.294. The molecule has 0 unspecified atom stereocenters. The number of halogens is 3. The van der Waals surface area contributed by atoms with E-state index in [9.17, 15) is 31.6 Å². The molecule has 144 valence electrons. The van der Waals surface area contributed by atoms with Crippen molar-refractivity contribution in [3.63, 3.8) is 0 Å². The van der Waals surface area contributed by atoms with Gasteiger partial charge >= 0.3 is 12.1 Å². The van der Waals surface area contributed by atoms with Crippen LogP contribution >= 0.6 is 0 Å². The van der Waals surface area contributed by atoms with Crippen LogP contribution in [0.4, 0.5) is 13.2 Å². The molecule has 0 saturated carbocycles. The number of aromatic nitrogens is 1. The van der Waals surface area contributed by atoms with Crippen molar-refractivity contribution in [1.82, 2.24) is 4.57 Å². The maximum absolute atomic E-state index is 13.4. The quantitative estimate of drug-likeness (QED) is 0.802. The molecule has 0 amide bonds. The van der Waals surface area contributed by atoms with Crippen LogP contribution in [0.25, 0.3) is 11.1 Å². The Morgan fingerprint density at radius 3 is 2.44 bits per heavy atom. The molecule has 2 aromatic rings. The summed E-state index contributed by atoms with van der Waals surface area (Å²) < 4.78 is 65.9. The van der Waals surface area contributed by atoms with E-state index in [1.54, 1.807) is 13.0 Å². The van der Waals surface area contributed by atoms with Gasteiger partial charge in [0.05, 0.1) is 21.8 Å². The van der Waals surface area contributed by atoms with Gasteiger partial charge < -0.3 is 9.67 Å². The van der Waals surface area contributed by atoms with Crippen molar-refractivity contribution < 1.29 is 31.5 Å². The highest BCUT2D eigenvalue weighted by atomic mass is 32.2. The van der Waals surface area contributed by atoms with Gasteiger partial charge in [0.25, 0.3) is 0 Å². The second-order valence-electron chi connectivity index (χ2n) is 5.79. The van der Waals surface area contributed by atoms with Gasteiger partial charge in [-0.05, 0) is 30.2 Å². The molecule has 2 rings (SSSR count). The third-order valence-electron chi connectivity index (χ3n) is 3.74. The molecule has 0 fully saturated rings. The molecule has 10 heteroatoms. The lowest BCUT2D eigenvalue weighted by atomic mass is 9.99. The average Bonchev–Trinajstić information content (AvgIpc) is 2.95. The van der Waals surface area contributed by atoms with E-state index in [2.05, 4.69) is 0 Å². The molecule has 0 spiro atoms. The number of hydrogen-bond acceptors (Lipinski definition) is 4. The van der Waals surface area contributed by atoms with Crippen LogP contribution in [0.3, 0.4) is 0 Å². The lowest BCUT2D eigenvalue weighted by Gasteiger charge is -2.14. The van der Waals surface area contributed by atoms with E-state index in [1.807, 2.05) is 0 Å². The van der Waals surface area contributed by atoms with E-state index < -0.39 is 39.7 Å². The SMILES string of the molecule is CCCS(=O)(=O)c1ccc(C(F)(F)F)c(-c2cn(CC(=O)O)cc2C#N)c1. The topological polar surface area (TPSA) is 100 Å². The molecular formula is C17H15F3N2O4S. The monoisotopic (exact) mass is 400 g/mol. The maximum atomic E-state index is 13.4. The highest BCUT2D eigenvalue weighted by molar-refractivity contribution is 7.91. The van der Waals surface area contributed by atoms with Crippen molar-refractivity contribution in [1.29, 1.82) is 5.26 Å². The van der Waals surface area contributed by atoms with Crippen LogP contribution in [0.1, 0.15) is 24.5 Å². The minimum Gasteiger partial charge on any atom is -0.480 e. The average molecular weight is 400 g/mol. The van der Waals surface area contributed by atoms with Crippen LogP contribution in [0.5, 0.6) is 0 Å². The Balaban J connectivity index is 2.75. The van der Waals surface area contributed by atoms with Crippen LogP contribution < -0.4 is 0 Å². The van der Waals surface area contributed by atoms with E-state index in [0.717, 1.165) is 29.1 Å². The van der Waals surface area contributed by atoms with Crippen LogP contribution in [0.2, 0.25) is 0 Å². The second kappa shape index (κ2) is 7.44. The zero-order valence-electron chi connectivity index (χ0n) is 14.1. The van der Waals surface area contributed by atoms with Gasteiger partial charge in [-0.15, -0.1) is 0 Å². The standard InChI is InChI=1S/C17H15F3N2O4S/c1-2-5-27(25,26)12-3-4-15(17(18,19)20)13(6-12)14-9-22(10-16(23)24)8-11(14)7-21/h3-4,6,8-9H,2,5,10H2,1H3,(H,23,24). The van der Waals surface area contributed by atoms with Crippen LogP contribution in [0.15, 0.2) is 35.5 Å². The highest BCUT2D eigenvalue weighted by Crippen LogP contribution is 2.39. The Hall–Kier alpha value is -2.80. The second-order valence-corrected chi connectivity index (χ2v) is 7.90. The summed E-state index contributed by atoms with van der Waals surface area (Å²) in [6, 6.07) is 4.15. The van der Waals surface area contributed by atoms with Gasteiger partial charge in [0.2, 0.25) is 0 Å². The summed E-state index contributed by atoms with van der Waals surface area (Å²) in [7, 11) is -3.79. The Labute approximate surface area is 153 Å². The predicted molar refractivity (Wildman–Crippen MR) is 89.6 cm³/mol. The van der Waals surface area contributed by atoms with Gasteiger partial charge in [-0.1, -0.05) is 6.92 Å². The first-order chi connectivity index (χ1) is 12.5. The zero-order chi connectivity index (χ0) is 20.4. The predicted octanol–water partition coefficient (Wildman–Crippen LogP) is 3.31. The molecule has 0 bridgehead atoms. The lowest BCUT2D eigenvalue weighted by Crippen LogP contribution is -2.11. The number of rotatable bonds is 6. The van der Waals surface area contributed by atoms with Crippen molar-refractivity contribution >= 4 is 15.8 Å². The third-order valence-corrected chi connectivity index (χ3v) is 5.65. The summed E-state index contributed by atoms with van der Waals surface area (Å²) >= 11 is 0.